The maximum Gasteiger partial charge on any atom is 0.332 e. The molecule has 0 spiro atoms. The van der Waals surface area contributed by atoms with E-state index in [1.807, 2.05) is 0 Å². The van der Waals surface area contributed by atoms with Crippen LogP contribution in [0.15, 0.2) is 33.8 Å². The number of nitrogens with one attached hydrogen (secondary N) is 1. The van der Waals surface area contributed by atoms with Crippen molar-refractivity contribution in [2.45, 2.75) is 25.7 Å². The molecule has 1 heterocycles. The second-order valence-corrected chi connectivity index (χ2v) is 7.52. The van der Waals surface area contributed by atoms with Gasteiger partial charge in [-0.25, -0.2) is 9.18 Å². The summed E-state index contributed by atoms with van der Waals surface area (Å²) in [6.07, 6.45) is 3.33. The molecule has 2 amide bonds. The first-order chi connectivity index (χ1) is 13.8. The van der Waals surface area contributed by atoms with Crippen LogP contribution in [0.4, 0.5) is 15.8 Å². The molecule has 29 heavy (non-hydrogen) atoms. The average Bonchev–Trinajstić information content (AvgIpc) is 2.68. The fraction of sp³-hybridized carbons (Fsp3) is 0.316. The van der Waals surface area contributed by atoms with Crippen molar-refractivity contribution in [2.24, 2.45) is 0 Å². The van der Waals surface area contributed by atoms with Crippen LogP contribution in [0, 0.1) is 5.82 Å². The molecule has 0 radical (unpaired) electrons. The smallest absolute Gasteiger partial charge is 0.332 e. The highest BCUT2D eigenvalue weighted by Crippen LogP contribution is 2.37. The van der Waals surface area contributed by atoms with E-state index < -0.39 is 23.6 Å². The van der Waals surface area contributed by atoms with Crippen LogP contribution < -0.4 is 15.0 Å². The van der Waals surface area contributed by atoms with Crippen LogP contribution in [-0.4, -0.2) is 36.0 Å². The van der Waals surface area contributed by atoms with Crippen molar-refractivity contribution < 1.29 is 28.6 Å². The van der Waals surface area contributed by atoms with Crippen LogP contribution in [0.5, 0.6) is 5.75 Å². The molecule has 1 aromatic rings. The lowest BCUT2D eigenvalue weighted by atomic mass is 9.91. The van der Waals surface area contributed by atoms with Gasteiger partial charge in [0.25, 0.3) is 11.8 Å². The number of carboxylic acids is 1. The summed E-state index contributed by atoms with van der Waals surface area (Å²) in [7, 11) is 0. The highest BCUT2D eigenvalue weighted by atomic mass is 35.5. The molecule has 0 bridgehead atoms. The van der Waals surface area contributed by atoms with E-state index in [2.05, 4.69) is 5.32 Å². The van der Waals surface area contributed by atoms with Crippen molar-refractivity contribution in [3.05, 3.63) is 39.7 Å². The lowest BCUT2D eigenvalue weighted by Crippen LogP contribution is -2.39. The second-order valence-electron chi connectivity index (χ2n) is 6.51. The van der Waals surface area contributed by atoms with E-state index in [1.54, 1.807) is 0 Å². The maximum absolute atomic E-state index is 14.5. The Morgan fingerprint density at radius 1 is 1.24 bits per heavy atom. The average molecular weight is 443 g/mol. The summed E-state index contributed by atoms with van der Waals surface area (Å²) in [5, 5.41) is 11.7. The molecule has 0 saturated carbocycles. The van der Waals surface area contributed by atoms with E-state index in [9.17, 15) is 23.9 Å². The summed E-state index contributed by atoms with van der Waals surface area (Å²) in [4.78, 5) is 37.5. The van der Waals surface area contributed by atoms with E-state index in [1.165, 1.54) is 17.0 Å². The largest absolute Gasteiger partial charge is 0.481 e. The number of fused-ring (bicyclic) bond motifs is 1. The van der Waals surface area contributed by atoms with E-state index in [-0.39, 0.29) is 52.3 Å². The maximum atomic E-state index is 14.5. The Hall–Kier alpha value is -2.58. The third kappa shape index (κ3) is 4.71. The van der Waals surface area contributed by atoms with Gasteiger partial charge in [-0.3, -0.25) is 9.59 Å². The number of aliphatic carboxylic acids is 1. The van der Waals surface area contributed by atoms with Gasteiger partial charge in [0.2, 0.25) is 0 Å². The first-order valence-corrected chi connectivity index (χ1v) is 9.58. The molecule has 0 aromatic heterocycles. The van der Waals surface area contributed by atoms with Gasteiger partial charge in [-0.2, -0.15) is 0 Å². The number of ether oxygens (including phenoxy) is 1. The number of nitrogens with zero attached hydrogens (tertiary/aromatic N) is 1. The predicted octanol–water partition coefficient (Wildman–Crippen LogP) is 3.76. The van der Waals surface area contributed by atoms with E-state index in [0.29, 0.717) is 19.3 Å². The zero-order valence-corrected chi connectivity index (χ0v) is 16.6. The topological polar surface area (TPSA) is 95.9 Å². The minimum absolute atomic E-state index is 0.0326. The molecule has 1 aliphatic heterocycles. The highest BCUT2D eigenvalue weighted by Gasteiger charge is 2.28. The fourth-order valence-corrected chi connectivity index (χ4v) is 3.41. The van der Waals surface area contributed by atoms with Crippen LogP contribution in [-0.2, 0) is 14.4 Å². The van der Waals surface area contributed by atoms with Crippen molar-refractivity contribution in [3.63, 3.8) is 0 Å². The van der Waals surface area contributed by atoms with Crippen LogP contribution in [0.25, 0.3) is 0 Å². The van der Waals surface area contributed by atoms with Crippen molar-refractivity contribution in [2.75, 3.05) is 23.4 Å². The number of benzene rings is 1. The molecule has 1 aliphatic carbocycles. The second kappa shape index (κ2) is 8.84. The van der Waals surface area contributed by atoms with Crippen molar-refractivity contribution in [3.8, 4) is 5.75 Å². The molecule has 0 saturated heterocycles. The summed E-state index contributed by atoms with van der Waals surface area (Å²) in [6.45, 7) is -0.244. The summed E-state index contributed by atoms with van der Waals surface area (Å²) in [6, 6.07) is 2.32. The van der Waals surface area contributed by atoms with Gasteiger partial charge in [0, 0.05) is 23.8 Å². The number of anilines is 2. The van der Waals surface area contributed by atoms with Gasteiger partial charge in [0.15, 0.2) is 12.4 Å². The molecule has 2 aliphatic rings. The third-order valence-corrected chi connectivity index (χ3v) is 4.98. The van der Waals surface area contributed by atoms with Gasteiger partial charge in [-0.15, -0.1) is 0 Å². The summed E-state index contributed by atoms with van der Waals surface area (Å²) < 4.78 is 19.7. The van der Waals surface area contributed by atoms with Gasteiger partial charge in [-0.05, 0) is 37.8 Å². The van der Waals surface area contributed by atoms with Gasteiger partial charge >= 0.3 is 5.97 Å². The molecule has 0 atom stereocenters. The van der Waals surface area contributed by atoms with Gasteiger partial charge in [-0.1, -0.05) is 23.2 Å². The number of hydrogen-bond acceptors (Lipinski definition) is 4. The Labute approximate surface area is 175 Å². The Morgan fingerprint density at radius 2 is 1.93 bits per heavy atom. The number of carboxylic acid groups (broad SMARTS) is 1. The monoisotopic (exact) mass is 442 g/mol. The first-order valence-electron chi connectivity index (χ1n) is 8.82. The Kier molecular flexibility index (Phi) is 6.44. The molecule has 3 rings (SSSR count). The van der Waals surface area contributed by atoms with Gasteiger partial charge < -0.3 is 20.1 Å². The standard InChI is InChI=1S/C19H17Cl2FN2O5/c20-16(21)5-6-24-14-8-13(12(22)7-15(14)29-9-17(24)25)23-18(26)10-3-1-2-4-11(10)19(27)28/h5,7-8H,1-4,6,9H2,(H,23,26)(H,27,28). The molecule has 7 nitrogen and oxygen atoms in total. The molecule has 1 aromatic carbocycles. The zero-order chi connectivity index (χ0) is 21.1. The van der Waals surface area contributed by atoms with Crippen LogP contribution >= 0.6 is 23.2 Å². The Morgan fingerprint density at radius 3 is 2.59 bits per heavy atom. The van der Waals surface area contributed by atoms with E-state index in [0.717, 1.165) is 6.07 Å². The first kappa shape index (κ1) is 21.1. The normalized spacial score (nSPS) is 16.1. The van der Waals surface area contributed by atoms with Gasteiger partial charge in [0.1, 0.15) is 10.2 Å². The van der Waals surface area contributed by atoms with Crippen molar-refractivity contribution in [1.29, 1.82) is 0 Å². The van der Waals surface area contributed by atoms with Crippen molar-refractivity contribution in [1.82, 2.24) is 0 Å². The predicted molar refractivity (Wildman–Crippen MR) is 106 cm³/mol. The molecule has 2 N–H and O–H groups in total. The van der Waals surface area contributed by atoms with Crippen LogP contribution in [0.1, 0.15) is 25.7 Å². The SMILES string of the molecule is O=C(O)C1=C(C(=O)Nc2cc3c(cc2F)OCC(=O)N3CC=C(Cl)Cl)CCCC1. The lowest BCUT2D eigenvalue weighted by Gasteiger charge is -2.29. The van der Waals surface area contributed by atoms with Gasteiger partial charge in [0.05, 0.1) is 11.4 Å². The summed E-state index contributed by atoms with van der Waals surface area (Å²) >= 11 is 11.2. The number of rotatable bonds is 5. The molecule has 0 unspecified atom stereocenters. The zero-order valence-electron chi connectivity index (χ0n) is 15.1. The van der Waals surface area contributed by atoms with Crippen LogP contribution in [0.2, 0.25) is 0 Å². The minimum Gasteiger partial charge on any atom is -0.481 e. The fourth-order valence-electron chi connectivity index (χ4n) is 3.27. The van der Waals surface area contributed by atoms with E-state index in [4.69, 9.17) is 27.9 Å². The molecular formula is C19H17Cl2FN2O5. The minimum atomic E-state index is -1.16. The summed E-state index contributed by atoms with van der Waals surface area (Å²) in [5.74, 6) is -2.88. The number of amides is 2. The molecule has 10 heteroatoms. The number of hydrogen-bond donors (Lipinski definition) is 2. The quantitative estimate of drug-likeness (QED) is 0.723. The number of carbonyl (C=O) groups excluding carboxylic acids is 2. The van der Waals surface area contributed by atoms with E-state index >= 15 is 0 Å². The molecular weight excluding hydrogens is 426 g/mol. The van der Waals surface area contributed by atoms with Crippen LogP contribution in [0.3, 0.4) is 0 Å². The lowest BCUT2D eigenvalue weighted by molar-refractivity contribution is -0.133. The number of carbonyl (C=O) groups is 3. The number of halogens is 3. The molecule has 154 valence electrons. The molecule has 0 fully saturated rings. The third-order valence-electron chi connectivity index (χ3n) is 4.67. The summed E-state index contributed by atoms with van der Waals surface area (Å²) in [5.41, 5.74) is 0.205. The highest BCUT2D eigenvalue weighted by molar-refractivity contribution is 6.55. The van der Waals surface area contributed by atoms with Crippen molar-refractivity contribution >= 4 is 52.4 Å². The Balaban J connectivity index is 1.93. The Bertz CT molecular complexity index is 941.